The fourth-order valence-corrected chi connectivity index (χ4v) is 3.62. The van der Waals surface area contributed by atoms with Gasteiger partial charge in [-0.3, -0.25) is 0 Å². The van der Waals surface area contributed by atoms with Crippen LogP contribution in [-0.4, -0.2) is 29.6 Å². The maximum atomic E-state index is 11.8. The SMILES string of the molecule is CCNS(=O)(=O)c1ccc(Sc2ncc(CO)n2C)cc1. The van der Waals surface area contributed by atoms with Gasteiger partial charge in [-0.05, 0) is 24.3 Å². The topological polar surface area (TPSA) is 84.2 Å². The molecular weight excluding hydrogens is 310 g/mol. The van der Waals surface area contributed by atoms with Crippen LogP contribution < -0.4 is 4.72 Å². The molecule has 0 saturated carbocycles. The van der Waals surface area contributed by atoms with Gasteiger partial charge in [0.1, 0.15) is 0 Å². The van der Waals surface area contributed by atoms with Crippen LogP contribution in [0, 0.1) is 0 Å². The molecule has 2 aromatic rings. The molecule has 0 radical (unpaired) electrons. The number of aromatic nitrogens is 2. The maximum Gasteiger partial charge on any atom is 0.240 e. The first-order valence-electron chi connectivity index (χ1n) is 6.37. The Bertz CT molecular complexity index is 709. The van der Waals surface area contributed by atoms with E-state index in [9.17, 15) is 8.42 Å². The lowest BCUT2D eigenvalue weighted by Crippen LogP contribution is -2.22. The van der Waals surface area contributed by atoms with Crippen molar-refractivity contribution in [2.45, 2.75) is 28.5 Å². The van der Waals surface area contributed by atoms with Crippen molar-refractivity contribution >= 4 is 21.8 Å². The molecule has 0 aliphatic carbocycles. The second-order valence-electron chi connectivity index (χ2n) is 4.32. The number of sulfonamides is 1. The van der Waals surface area contributed by atoms with Crippen LogP contribution in [0.15, 0.2) is 45.4 Å². The van der Waals surface area contributed by atoms with Gasteiger partial charge in [0.05, 0.1) is 23.4 Å². The van der Waals surface area contributed by atoms with E-state index in [1.165, 1.54) is 11.8 Å². The third-order valence-corrected chi connectivity index (χ3v) is 5.51. The summed E-state index contributed by atoms with van der Waals surface area (Å²) < 4.78 is 27.9. The summed E-state index contributed by atoms with van der Waals surface area (Å²) >= 11 is 1.41. The van der Waals surface area contributed by atoms with E-state index in [0.29, 0.717) is 6.54 Å². The number of nitrogens with one attached hydrogen (secondary N) is 1. The van der Waals surface area contributed by atoms with Crippen LogP contribution in [0.1, 0.15) is 12.6 Å². The number of imidazole rings is 1. The molecule has 1 aromatic heterocycles. The summed E-state index contributed by atoms with van der Waals surface area (Å²) in [5.74, 6) is 0. The van der Waals surface area contributed by atoms with Crippen LogP contribution in [0.3, 0.4) is 0 Å². The van der Waals surface area contributed by atoms with Gasteiger partial charge < -0.3 is 9.67 Å². The summed E-state index contributed by atoms with van der Waals surface area (Å²) in [6, 6.07) is 6.61. The summed E-state index contributed by atoms with van der Waals surface area (Å²) in [4.78, 5) is 5.34. The molecular formula is C13H17N3O3S2. The van der Waals surface area contributed by atoms with E-state index in [4.69, 9.17) is 5.11 Å². The molecule has 1 aromatic carbocycles. The molecule has 2 N–H and O–H groups in total. The molecule has 0 saturated heterocycles. The fourth-order valence-electron chi connectivity index (χ4n) is 1.73. The summed E-state index contributed by atoms with van der Waals surface area (Å²) in [5, 5.41) is 9.87. The number of nitrogens with zero attached hydrogens (tertiary/aromatic N) is 2. The molecule has 2 rings (SSSR count). The van der Waals surface area contributed by atoms with Crippen molar-refractivity contribution < 1.29 is 13.5 Å². The molecule has 8 heteroatoms. The Morgan fingerprint density at radius 3 is 2.52 bits per heavy atom. The average molecular weight is 327 g/mol. The molecule has 0 bridgehead atoms. The fraction of sp³-hybridized carbons (Fsp3) is 0.308. The first kappa shape index (κ1) is 16.0. The molecule has 0 fully saturated rings. The molecule has 0 aliphatic heterocycles. The quantitative estimate of drug-likeness (QED) is 0.837. The summed E-state index contributed by atoms with van der Waals surface area (Å²) in [7, 11) is -1.60. The Hall–Kier alpha value is -1.35. The van der Waals surface area contributed by atoms with Gasteiger partial charge in [-0.15, -0.1) is 0 Å². The second kappa shape index (κ2) is 6.61. The molecule has 114 valence electrons. The zero-order valence-corrected chi connectivity index (χ0v) is 13.4. The van der Waals surface area contributed by atoms with Gasteiger partial charge in [0.2, 0.25) is 10.0 Å². The molecule has 21 heavy (non-hydrogen) atoms. The number of rotatable bonds is 6. The highest BCUT2D eigenvalue weighted by Crippen LogP contribution is 2.27. The zero-order chi connectivity index (χ0) is 15.5. The minimum absolute atomic E-state index is 0.0655. The smallest absolute Gasteiger partial charge is 0.240 e. The lowest BCUT2D eigenvalue weighted by molar-refractivity contribution is 0.271. The normalized spacial score (nSPS) is 11.8. The molecule has 0 spiro atoms. The molecule has 0 aliphatic rings. The van der Waals surface area contributed by atoms with Crippen molar-refractivity contribution in [2.24, 2.45) is 7.05 Å². The Balaban J connectivity index is 2.18. The Kier molecular flexibility index (Phi) is 5.04. The van der Waals surface area contributed by atoms with Crippen LogP contribution >= 0.6 is 11.8 Å². The van der Waals surface area contributed by atoms with E-state index in [-0.39, 0.29) is 11.5 Å². The standard InChI is InChI=1S/C13H17N3O3S2/c1-3-15-21(18,19)12-6-4-11(5-7-12)20-13-14-8-10(9-17)16(13)2/h4-8,15,17H,3,9H2,1-2H3. The first-order chi connectivity index (χ1) is 9.97. The predicted octanol–water partition coefficient (Wildman–Crippen LogP) is 1.36. The van der Waals surface area contributed by atoms with Crippen LogP contribution in [0.25, 0.3) is 0 Å². The minimum atomic E-state index is -3.42. The summed E-state index contributed by atoms with van der Waals surface area (Å²) in [6.45, 7) is 2.03. The van der Waals surface area contributed by atoms with Crippen LogP contribution in [0.5, 0.6) is 0 Å². The van der Waals surface area contributed by atoms with E-state index < -0.39 is 10.0 Å². The number of hydrogen-bond acceptors (Lipinski definition) is 5. The van der Waals surface area contributed by atoms with Gasteiger partial charge in [0.25, 0.3) is 0 Å². The number of benzene rings is 1. The molecule has 0 amide bonds. The lowest BCUT2D eigenvalue weighted by atomic mass is 10.4. The number of hydrogen-bond donors (Lipinski definition) is 2. The van der Waals surface area contributed by atoms with Crippen LogP contribution in [-0.2, 0) is 23.7 Å². The number of aliphatic hydroxyl groups is 1. The highest BCUT2D eigenvalue weighted by Gasteiger charge is 2.13. The largest absolute Gasteiger partial charge is 0.390 e. The van der Waals surface area contributed by atoms with Crippen molar-refractivity contribution in [1.82, 2.24) is 14.3 Å². The Morgan fingerprint density at radius 1 is 1.33 bits per heavy atom. The first-order valence-corrected chi connectivity index (χ1v) is 8.67. The van der Waals surface area contributed by atoms with Crippen molar-refractivity contribution in [3.05, 3.63) is 36.2 Å². The summed E-state index contributed by atoms with van der Waals surface area (Å²) in [6.07, 6.45) is 1.62. The van der Waals surface area contributed by atoms with E-state index in [0.717, 1.165) is 15.7 Å². The maximum absolute atomic E-state index is 11.8. The lowest BCUT2D eigenvalue weighted by Gasteiger charge is -2.06. The van der Waals surface area contributed by atoms with Crippen molar-refractivity contribution in [2.75, 3.05) is 6.54 Å². The van der Waals surface area contributed by atoms with E-state index in [1.807, 2.05) is 7.05 Å². The highest BCUT2D eigenvalue weighted by molar-refractivity contribution is 7.99. The summed E-state index contributed by atoms with van der Waals surface area (Å²) in [5.41, 5.74) is 0.726. The van der Waals surface area contributed by atoms with Crippen molar-refractivity contribution in [3.8, 4) is 0 Å². The van der Waals surface area contributed by atoms with Gasteiger partial charge in [0, 0.05) is 18.5 Å². The van der Waals surface area contributed by atoms with E-state index >= 15 is 0 Å². The monoisotopic (exact) mass is 327 g/mol. The minimum Gasteiger partial charge on any atom is -0.390 e. The second-order valence-corrected chi connectivity index (χ2v) is 7.13. The van der Waals surface area contributed by atoms with Gasteiger partial charge in [-0.25, -0.2) is 18.1 Å². The van der Waals surface area contributed by atoms with Gasteiger partial charge >= 0.3 is 0 Å². The number of aliphatic hydroxyl groups excluding tert-OH is 1. The third-order valence-electron chi connectivity index (χ3n) is 2.88. The van der Waals surface area contributed by atoms with E-state index in [2.05, 4.69) is 9.71 Å². The van der Waals surface area contributed by atoms with Gasteiger partial charge in [-0.1, -0.05) is 18.7 Å². The van der Waals surface area contributed by atoms with E-state index in [1.54, 1.807) is 42.0 Å². The Morgan fingerprint density at radius 2 is 2.00 bits per heavy atom. The van der Waals surface area contributed by atoms with Gasteiger partial charge in [0.15, 0.2) is 5.16 Å². The highest BCUT2D eigenvalue weighted by atomic mass is 32.2. The predicted molar refractivity (Wildman–Crippen MR) is 80.6 cm³/mol. The molecule has 6 nitrogen and oxygen atoms in total. The van der Waals surface area contributed by atoms with Crippen LogP contribution in [0.2, 0.25) is 0 Å². The van der Waals surface area contributed by atoms with Crippen molar-refractivity contribution in [3.63, 3.8) is 0 Å². The van der Waals surface area contributed by atoms with Crippen LogP contribution in [0.4, 0.5) is 0 Å². The molecule has 1 heterocycles. The molecule has 0 atom stereocenters. The van der Waals surface area contributed by atoms with Gasteiger partial charge in [-0.2, -0.15) is 0 Å². The third kappa shape index (κ3) is 3.65. The zero-order valence-electron chi connectivity index (χ0n) is 11.8. The molecule has 0 unspecified atom stereocenters. The Labute approximate surface area is 128 Å². The van der Waals surface area contributed by atoms with Crippen molar-refractivity contribution in [1.29, 1.82) is 0 Å². The average Bonchev–Trinajstić information content (AvgIpc) is 2.80.